The van der Waals surface area contributed by atoms with E-state index in [0.29, 0.717) is 11.1 Å². The van der Waals surface area contributed by atoms with E-state index < -0.39 is 5.60 Å². The Kier molecular flexibility index (Phi) is 4.89. The van der Waals surface area contributed by atoms with Crippen LogP contribution in [-0.4, -0.2) is 35.2 Å². The third-order valence-electron chi connectivity index (χ3n) is 2.65. The highest BCUT2D eigenvalue weighted by Gasteiger charge is 2.18. The zero-order chi connectivity index (χ0) is 14.6. The second-order valence-corrected chi connectivity index (χ2v) is 5.41. The molecule has 0 aliphatic heterocycles. The minimum Gasteiger partial charge on any atom is -0.389 e. The molecule has 0 bridgehead atoms. The first kappa shape index (κ1) is 15.4. The minimum atomic E-state index is -0.942. The molecule has 0 heterocycles. The van der Waals surface area contributed by atoms with E-state index in [4.69, 9.17) is 0 Å². The van der Waals surface area contributed by atoms with Gasteiger partial charge in [-0.25, -0.2) is 9.18 Å². The second-order valence-electron chi connectivity index (χ2n) is 5.41. The summed E-state index contributed by atoms with van der Waals surface area (Å²) in [5.41, 5.74) is 0.338. The van der Waals surface area contributed by atoms with Crippen LogP contribution < -0.4 is 5.32 Å². The van der Waals surface area contributed by atoms with Gasteiger partial charge in [0.05, 0.1) is 12.1 Å². The van der Waals surface area contributed by atoms with Gasteiger partial charge in [0, 0.05) is 13.6 Å². The number of amides is 2. The molecule has 1 rings (SSSR count). The molecule has 4 nitrogen and oxygen atoms in total. The number of benzene rings is 1. The summed E-state index contributed by atoms with van der Waals surface area (Å²) in [6.07, 6.45) is 0. The van der Waals surface area contributed by atoms with Crippen molar-refractivity contribution in [2.24, 2.45) is 0 Å². The van der Waals surface area contributed by atoms with Crippen LogP contribution in [0.3, 0.4) is 0 Å². The van der Waals surface area contributed by atoms with Crippen LogP contribution in [0.15, 0.2) is 18.2 Å². The van der Waals surface area contributed by atoms with Crippen molar-refractivity contribution in [1.82, 2.24) is 10.2 Å². The Bertz CT molecular complexity index is 455. The summed E-state index contributed by atoms with van der Waals surface area (Å²) in [7, 11) is 1.60. The Labute approximate surface area is 113 Å². The van der Waals surface area contributed by atoms with Crippen LogP contribution in [0.5, 0.6) is 0 Å². The molecule has 0 fully saturated rings. The number of nitrogens with one attached hydrogen (secondary N) is 1. The largest absolute Gasteiger partial charge is 0.389 e. The topological polar surface area (TPSA) is 52.6 Å². The molecule has 1 aromatic rings. The van der Waals surface area contributed by atoms with Crippen molar-refractivity contribution in [3.05, 3.63) is 35.1 Å². The van der Waals surface area contributed by atoms with E-state index in [-0.39, 0.29) is 24.9 Å². The maximum Gasteiger partial charge on any atom is 0.317 e. The Hall–Kier alpha value is -1.62. The fourth-order valence-electron chi connectivity index (χ4n) is 1.71. The van der Waals surface area contributed by atoms with E-state index >= 15 is 0 Å². The van der Waals surface area contributed by atoms with Crippen molar-refractivity contribution in [3.8, 4) is 0 Å². The third kappa shape index (κ3) is 5.26. The summed E-state index contributed by atoms with van der Waals surface area (Å²) >= 11 is 0. The molecule has 2 amide bonds. The summed E-state index contributed by atoms with van der Waals surface area (Å²) < 4.78 is 13.3. The molecule has 2 N–H and O–H groups in total. The molecule has 19 heavy (non-hydrogen) atoms. The highest BCUT2D eigenvalue weighted by molar-refractivity contribution is 5.73. The molecule has 0 atom stereocenters. The van der Waals surface area contributed by atoms with Crippen molar-refractivity contribution < 1.29 is 14.3 Å². The third-order valence-corrected chi connectivity index (χ3v) is 2.65. The Balaban J connectivity index is 2.52. The van der Waals surface area contributed by atoms with Crippen LogP contribution in [-0.2, 0) is 6.54 Å². The zero-order valence-electron chi connectivity index (χ0n) is 11.8. The van der Waals surface area contributed by atoms with Crippen LogP contribution >= 0.6 is 0 Å². The lowest BCUT2D eigenvalue weighted by atomic mass is 10.1. The van der Waals surface area contributed by atoms with Gasteiger partial charge < -0.3 is 15.3 Å². The van der Waals surface area contributed by atoms with Crippen molar-refractivity contribution in [2.45, 2.75) is 32.9 Å². The predicted molar refractivity (Wildman–Crippen MR) is 72.3 cm³/mol. The van der Waals surface area contributed by atoms with Crippen molar-refractivity contribution in [1.29, 1.82) is 0 Å². The number of rotatable bonds is 4. The summed E-state index contributed by atoms with van der Waals surface area (Å²) in [6, 6.07) is 4.56. The van der Waals surface area contributed by atoms with E-state index in [1.54, 1.807) is 40.0 Å². The first-order valence-corrected chi connectivity index (χ1v) is 6.15. The van der Waals surface area contributed by atoms with Gasteiger partial charge in [-0.15, -0.1) is 0 Å². The van der Waals surface area contributed by atoms with Gasteiger partial charge in [0.25, 0.3) is 0 Å². The highest BCUT2D eigenvalue weighted by Crippen LogP contribution is 2.09. The Morgan fingerprint density at radius 3 is 2.63 bits per heavy atom. The van der Waals surface area contributed by atoms with Gasteiger partial charge in [-0.1, -0.05) is 12.1 Å². The Morgan fingerprint density at radius 1 is 1.47 bits per heavy atom. The number of carbonyl (C=O) groups is 1. The quantitative estimate of drug-likeness (QED) is 0.878. The first-order chi connectivity index (χ1) is 8.69. The Morgan fingerprint density at radius 2 is 2.11 bits per heavy atom. The molecule has 0 unspecified atom stereocenters. The lowest BCUT2D eigenvalue weighted by Crippen LogP contribution is -2.44. The van der Waals surface area contributed by atoms with Gasteiger partial charge in [0.15, 0.2) is 0 Å². The van der Waals surface area contributed by atoms with Crippen LogP contribution in [0.4, 0.5) is 9.18 Å². The maximum atomic E-state index is 13.3. The number of aliphatic hydroxyl groups is 1. The maximum absolute atomic E-state index is 13.3. The van der Waals surface area contributed by atoms with E-state index in [2.05, 4.69) is 5.32 Å². The van der Waals surface area contributed by atoms with E-state index in [0.717, 1.165) is 0 Å². The number of nitrogens with zero attached hydrogens (tertiary/aromatic N) is 1. The summed E-state index contributed by atoms with van der Waals surface area (Å²) in [5.74, 6) is -0.281. The molecule has 0 radical (unpaired) electrons. The van der Waals surface area contributed by atoms with E-state index in [1.165, 1.54) is 11.0 Å². The monoisotopic (exact) mass is 268 g/mol. The average molecular weight is 268 g/mol. The number of likely N-dealkylation sites (N-methyl/N-ethyl adjacent to an activating group) is 1. The van der Waals surface area contributed by atoms with E-state index in [1.807, 2.05) is 0 Å². The molecule has 0 saturated heterocycles. The molecule has 0 saturated carbocycles. The molecule has 106 valence electrons. The van der Waals surface area contributed by atoms with Crippen molar-refractivity contribution >= 4 is 6.03 Å². The van der Waals surface area contributed by atoms with Crippen LogP contribution in [0.25, 0.3) is 0 Å². The van der Waals surface area contributed by atoms with Crippen molar-refractivity contribution in [2.75, 3.05) is 13.6 Å². The van der Waals surface area contributed by atoms with Crippen LogP contribution in [0.1, 0.15) is 25.0 Å². The number of halogens is 1. The second kappa shape index (κ2) is 6.02. The lowest BCUT2D eigenvalue weighted by molar-refractivity contribution is 0.0531. The molecule has 0 aliphatic rings. The van der Waals surface area contributed by atoms with Gasteiger partial charge in [-0.05, 0) is 38.0 Å². The van der Waals surface area contributed by atoms with Gasteiger partial charge in [0.2, 0.25) is 0 Å². The van der Waals surface area contributed by atoms with Crippen LogP contribution in [0, 0.1) is 12.7 Å². The fourth-order valence-corrected chi connectivity index (χ4v) is 1.71. The van der Waals surface area contributed by atoms with Gasteiger partial charge in [0.1, 0.15) is 5.82 Å². The summed E-state index contributed by atoms with van der Waals surface area (Å²) in [5, 5.41) is 12.3. The molecular weight excluding hydrogens is 247 g/mol. The predicted octanol–water partition coefficient (Wildman–Crippen LogP) is 2.05. The number of aryl methyl sites for hydroxylation is 1. The molecule has 1 aromatic carbocycles. The lowest BCUT2D eigenvalue weighted by Gasteiger charge is -2.25. The highest BCUT2D eigenvalue weighted by atomic mass is 19.1. The van der Waals surface area contributed by atoms with Crippen LogP contribution in [0.2, 0.25) is 0 Å². The van der Waals surface area contributed by atoms with Gasteiger partial charge in [-0.3, -0.25) is 0 Å². The number of carbonyl (C=O) groups excluding carboxylic acids is 1. The SMILES string of the molecule is Cc1ccc(CNC(=O)N(C)CC(C)(C)O)cc1F. The van der Waals surface area contributed by atoms with E-state index in [9.17, 15) is 14.3 Å². The molecule has 0 aliphatic carbocycles. The molecule has 5 heteroatoms. The number of urea groups is 1. The zero-order valence-corrected chi connectivity index (χ0v) is 11.8. The normalized spacial score (nSPS) is 11.3. The molecule has 0 aromatic heterocycles. The standard InChI is InChI=1S/C14H21FN2O2/c1-10-5-6-11(7-12(10)15)8-16-13(18)17(4)9-14(2,3)19/h5-7,19H,8-9H2,1-4H3,(H,16,18). The smallest absolute Gasteiger partial charge is 0.317 e. The van der Waals surface area contributed by atoms with Crippen molar-refractivity contribution in [3.63, 3.8) is 0 Å². The van der Waals surface area contributed by atoms with Gasteiger partial charge >= 0.3 is 6.03 Å². The summed E-state index contributed by atoms with van der Waals surface area (Å²) in [6.45, 7) is 5.43. The number of hydrogen-bond acceptors (Lipinski definition) is 2. The summed E-state index contributed by atoms with van der Waals surface area (Å²) in [4.78, 5) is 13.1. The minimum absolute atomic E-state index is 0.223. The average Bonchev–Trinajstić information content (AvgIpc) is 2.28. The fraction of sp³-hybridized carbons (Fsp3) is 0.500. The van der Waals surface area contributed by atoms with Gasteiger partial charge in [-0.2, -0.15) is 0 Å². The number of hydrogen-bond donors (Lipinski definition) is 2. The molecular formula is C14H21FN2O2. The molecule has 0 spiro atoms. The first-order valence-electron chi connectivity index (χ1n) is 6.15.